The van der Waals surface area contributed by atoms with Gasteiger partial charge in [0.05, 0.1) is 6.10 Å². The lowest BCUT2D eigenvalue weighted by atomic mass is 9.85. The average Bonchev–Trinajstić information content (AvgIpc) is 2.74. The molecule has 0 aromatic rings. The summed E-state index contributed by atoms with van der Waals surface area (Å²) in [7, 11) is 0. The van der Waals surface area contributed by atoms with Crippen molar-refractivity contribution >= 4 is 27.7 Å². The zero-order valence-electron chi connectivity index (χ0n) is 9.91. The Morgan fingerprint density at radius 1 is 1.31 bits per heavy atom. The van der Waals surface area contributed by atoms with Crippen LogP contribution in [0.25, 0.3) is 0 Å². The molecule has 2 unspecified atom stereocenters. The van der Waals surface area contributed by atoms with Crippen LogP contribution in [0.15, 0.2) is 0 Å². The molecule has 2 rings (SSSR count). The van der Waals surface area contributed by atoms with Gasteiger partial charge in [-0.2, -0.15) is 11.8 Å². The van der Waals surface area contributed by atoms with Crippen LogP contribution in [0.1, 0.15) is 26.2 Å². The SMILES string of the molecule is CC1OCCC1SCC1(CBr)CCOCC1. The highest BCUT2D eigenvalue weighted by molar-refractivity contribution is 9.09. The Morgan fingerprint density at radius 3 is 2.62 bits per heavy atom. The number of thioether (sulfide) groups is 1. The number of ether oxygens (including phenoxy) is 2. The third kappa shape index (κ3) is 3.15. The second-order valence-corrected chi connectivity index (χ2v) is 6.75. The highest BCUT2D eigenvalue weighted by Crippen LogP contribution is 2.39. The van der Waals surface area contributed by atoms with Gasteiger partial charge >= 0.3 is 0 Å². The van der Waals surface area contributed by atoms with Crippen molar-refractivity contribution in [2.24, 2.45) is 5.41 Å². The molecule has 2 fully saturated rings. The fourth-order valence-corrected chi connectivity index (χ4v) is 4.93. The summed E-state index contributed by atoms with van der Waals surface area (Å²) in [6, 6.07) is 0. The van der Waals surface area contributed by atoms with Gasteiger partial charge in [0.15, 0.2) is 0 Å². The lowest BCUT2D eigenvalue weighted by Crippen LogP contribution is -2.34. The predicted octanol–water partition coefficient (Wildman–Crippen LogP) is 3.09. The van der Waals surface area contributed by atoms with Crippen LogP contribution in [0.4, 0.5) is 0 Å². The summed E-state index contributed by atoms with van der Waals surface area (Å²) in [5.41, 5.74) is 0.464. The van der Waals surface area contributed by atoms with Crippen molar-refractivity contribution < 1.29 is 9.47 Å². The van der Waals surface area contributed by atoms with Gasteiger partial charge in [0.2, 0.25) is 0 Å². The van der Waals surface area contributed by atoms with Gasteiger partial charge in [-0.1, -0.05) is 15.9 Å². The fourth-order valence-electron chi connectivity index (χ4n) is 2.34. The van der Waals surface area contributed by atoms with Crippen molar-refractivity contribution in [3.63, 3.8) is 0 Å². The van der Waals surface area contributed by atoms with Crippen molar-refractivity contribution in [1.82, 2.24) is 0 Å². The first-order chi connectivity index (χ1) is 7.76. The molecule has 94 valence electrons. The molecule has 0 N–H and O–H groups in total. The smallest absolute Gasteiger partial charge is 0.0666 e. The van der Waals surface area contributed by atoms with Gasteiger partial charge in [0.1, 0.15) is 0 Å². The van der Waals surface area contributed by atoms with Crippen LogP contribution >= 0.6 is 27.7 Å². The van der Waals surface area contributed by atoms with E-state index in [4.69, 9.17) is 9.47 Å². The van der Waals surface area contributed by atoms with E-state index in [9.17, 15) is 0 Å². The summed E-state index contributed by atoms with van der Waals surface area (Å²) in [4.78, 5) is 0. The molecule has 0 bridgehead atoms. The third-order valence-electron chi connectivity index (χ3n) is 3.75. The molecule has 0 spiro atoms. The Balaban J connectivity index is 1.82. The van der Waals surface area contributed by atoms with Gasteiger partial charge in [-0.25, -0.2) is 0 Å². The molecule has 0 saturated carbocycles. The summed E-state index contributed by atoms with van der Waals surface area (Å²) < 4.78 is 11.1. The van der Waals surface area contributed by atoms with Crippen LogP contribution in [0, 0.1) is 5.41 Å². The Labute approximate surface area is 111 Å². The largest absolute Gasteiger partial charge is 0.381 e. The van der Waals surface area contributed by atoms with Crippen molar-refractivity contribution in [3.8, 4) is 0 Å². The van der Waals surface area contributed by atoms with E-state index < -0.39 is 0 Å². The molecule has 2 saturated heterocycles. The van der Waals surface area contributed by atoms with E-state index in [-0.39, 0.29) is 0 Å². The fraction of sp³-hybridized carbons (Fsp3) is 1.00. The van der Waals surface area contributed by atoms with E-state index in [1.54, 1.807) is 0 Å². The highest BCUT2D eigenvalue weighted by Gasteiger charge is 2.34. The van der Waals surface area contributed by atoms with Gasteiger partial charge < -0.3 is 9.47 Å². The van der Waals surface area contributed by atoms with Gasteiger partial charge in [-0.05, 0) is 31.6 Å². The molecule has 0 radical (unpaired) electrons. The van der Waals surface area contributed by atoms with E-state index in [1.807, 2.05) is 0 Å². The monoisotopic (exact) mass is 308 g/mol. The first-order valence-electron chi connectivity index (χ1n) is 6.13. The minimum Gasteiger partial charge on any atom is -0.381 e. The van der Waals surface area contributed by atoms with Crippen LogP contribution in [0.3, 0.4) is 0 Å². The average molecular weight is 309 g/mol. The normalized spacial score (nSPS) is 34.1. The molecule has 16 heavy (non-hydrogen) atoms. The zero-order valence-corrected chi connectivity index (χ0v) is 12.3. The minimum atomic E-state index is 0.442. The first kappa shape index (κ1) is 13.2. The lowest BCUT2D eigenvalue weighted by Gasteiger charge is -2.36. The van der Waals surface area contributed by atoms with Crippen molar-refractivity contribution in [1.29, 1.82) is 0 Å². The molecule has 4 heteroatoms. The van der Waals surface area contributed by atoms with Crippen molar-refractivity contribution in [2.45, 2.75) is 37.5 Å². The Kier molecular flexibility index (Phi) is 5.01. The predicted molar refractivity (Wildman–Crippen MR) is 72.6 cm³/mol. The van der Waals surface area contributed by atoms with Crippen LogP contribution in [-0.4, -0.2) is 42.3 Å². The maximum absolute atomic E-state index is 5.61. The summed E-state index contributed by atoms with van der Waals surface area (Å²) in [6.45, 7) is 5.02. The molecule has 2 atom stereocenters. The zero-order chi connectivity index (χ0) is 11.4. The summed E-state index contributed by atoms with van der Waals surface area (Å²) >= 11 is 5.80. The third-order valence-corrected chi connectivity index (χ3v) is 6.76. The van der Waals surface area contributed by atoms with Gasteiger partial charge in [0, 0.05) is 36.2 Å². The maximum atomic E-state index is 5.61. The second kappa shape index (κ2) is 6.07. The van der Waals surface area contributed by atoms with Crippen LogP contribution in [0.5, 0.6) is 0 Å². The molecular weight excluding hydrogens is 288 g/mol. The Bertz CT molecular complexity index is 219. The van der Waals surface area contributed by atoms with E-state index in [2.05, 4.69) is 34.6 Å². The molecule has 0 aromatic heterocycles. The van der Waals surface area contributed by atoms with Crippen LogP contribution < -0.4 is 0 Å². The Morgan fingerprint density at radius 2 is 2.06 bits per heavy atom. The quantitative estimate of drug-likeness (QED) is 0.744. The molecule has 0 amide bonds. The maximum Gasteiger partial charge on any atom is 0.0666 e. The first-order valence-corrected chi connectivity index (χ1v) is 8.30. The minimum absolute atomic E-state index is 0.442. The van der Waals surface area contributed by atoms with Crippen LogP contribution in [-0.2, 0) is 9.47 Å². The number of halogens is 1. The van der Waals surface area contributed by atoms with Gasteiger partial charge in [-0.3, -0.25) is 0 Å². The van der Waals surface area contributed by atoms with Gasteiger partial charge in [-0.15, -0.1) is 0 Å². The number of alkyl halides is 1. The topological polar surface area (TPSA) is 18.5 Å². The van der Waals surface area contributed by atoms with E-state index in [0.717, 1.165) is 25.2 Å². The lowest BCUT2D eigenvalue weighted by molar-refractivity contribution is 0.0373. The number of rotatable bonds is 4. The molecule has 2 aliphatic rings. The second-order valence-electron chi connectivity index (χ2n) is 4.96. The van der Waals surface area contributed by atoms with E-state index in [0.29, 0.717) is 16.8 Å². The highest BCUT2D eigenvalue weighted by atomic mass is 79.9. The number of hydrogen-bond donors (Lipinski definition) is 0. The van der Waals surface area contributed by atoms with E-state index >= 15 is 0 Å². The standard InChI is InChI=1S/C12H21BrO2S/c1-10-11(2-5-15-10)16-9-12(8-13)3-6-14-7-4-12/h10-11H,2-9H2,1H3. The summed E-state index contributed by atoms with van der Waals surface area (Å²) in [5, 5.41) is 1.82. The summed E-state index contributed by atoms with van der Waals surface area (Å²) in [6.07, 6.45) is 4.07. The van der Waals surface area contributed by atoms with E-state index in [1.165, 1.54) is 25.0 Å². The Hall–Kier alpha value is 0.750. The molecule has 2 heterocycles. The molecule has 0 aliphatic carbocycles. The molecular formula is C12H21BrO2S. The van der Waals surface area contributed by atoms with Gasteiger partial charge in [0.25, 0.3) is 0 Å². The molecule has 0 aromatic carbocycles. The van der Waals surface area contributed by atoms with Crippen molar-refractivity contribution in [3.05, 3.63) is 0 Å². The molecule has 2 aliphatic heterocycles. The number of hydrogen-bond acceptors (Lipinski definition) is 3. The molecule has 2 nitrogen and oxygen atoms in total. The summed E-state index contributed by atoms with van der Waals surface area (Å²) in [5.74, 6) is 1.25. The van der Waals surface area contributed by atoms with Crippen molar-refractivity contribution in [2.75, 3.05) is 30.9 Å². The van der Waals surface area contributed by atoms with Crippen LogP contribution in [0.2, 0.25) is 0 Å².